The first kappa shape index (κ1) is 26.1. The zero-order valence-corrected chi connectivity index (χ0v) is 22.4. The van der Waals surface area contributed by atoms with Crippen molar-refractivity contribution in [2.24, 2.45) is 0 Å². The number of esters is 1. The maximum absolute atomic E-state index is 13.9. The van der Waals surface area contributed by atoms with E-state index in [1.54, 1.807) is 24.3 Å². The van der Waals surface area contributed by atoms with Crippen LogP contribution in [0.5, 0.6) is 0 Å². The Morgan fingerprint density at radius 2 is 1.35 bits per heavy atom. The molecule has 3 atom stereocenters. The van der Waals surface area contributed by atoms with Crippen LogP contribution in [-0.4, -0.2) is 31.2 Å². The minimum absolute atomic E-state index is 0.0121. The van der Waals surface area contributed by atoms with Gasteiger partial charge in [0.05, 0.1) is 23.0 Å². The van der Waals surface area contributed by atoms with E-state index in [1.807, 2.05) is 66.7 Å². The summed E-state index contributed by atoms with van der Waals surface area (Å²) >= 11 is 0. The molecule has 34 heavy (non-hydrogen) atoms. The van der Waals surface area contributed by atoms with Gasteiger partial charge in [0.2, 0.25) is 0 Å². The van der Waals surface area contributed by atoms with Gasteiger partial charge in [-0.2, -0.15) is 0 Å². The van der Waals surface area contributed by atoms with Crippen LogP contribution in [0.3, 0.4) is 0 Å². The Labute approximate surface area is 206 Å². The molecule has 180 valence electrons. The van der Waals surface area contributed by atoms with E-state index in [2.05, 4.69) is 33.9 Å². The molecule has 0 spiro atoms. The van der Waals surface area contributed by atoms with Crippen molar-refractivity contribution >= 4 is 25.1 Å². The fourth-order valence-electron chi connectivity index (χ4n) is 3.29. The molecule has 0 heterocycles. The number of ether oxygens (including phenoxy) is 1. The Hall–Kier alpha value is -2.54. The Bertz CT molecular complexity index is 1080. The zero-order chi connectivity index (χ0) is 24.8. The molecule has 0 aromatic heterocycles. The number of carbonyl (C=O) groups excluding carboxylic acids is 1. The highest BCUT2D eigenvalue weighted by molar-refractivity contribution is 7.85. The third-order valence-corrected chi connectivity index (χ3v) is 12.6. The van der Waals surface area contributed by atoms with Crippen LogP contribution < -0.4 is 0 Å². The van der Waals surface area contributed by atoms with Gasteiger partial charge in [0.15, 0.2) is 8.32 Å². The van der Waals surface area contributed by atoms with Crippen molar-refractivity contribution in [3.05, 3.63) is 102 Å². The maximum Gasteiger partial charge on any atom is 0.338 e. The minimum atomic E-state index is -2.15. The van der Waals surface area contributed by atoms with E-state index < -0.39 is 36.4 Å². The molecule has 0 fully saturated rings. The zero-order valence-electron chi connectivity index (χ0n) is 20.6. The highest BCUT2D eigenvalue weighted by Crippen LogP contribution is 2.38. The van der Waals surface area contributed by atoms with Crippen molar-refractivity contribution in [3.8, 4) is 0 Å². The van der Waals surface area contributed by atoms with Crippen molar-refractivity contribution < 1.29 is 18.2 Å². The molecule has 0 amide bonds. The largest absolute Gasteiger partial charge is 0.455 e. The van der Waals surface area contributed by atoms with E-state index in [0.29, 0.717) is 10.5 Å². The first-order valence-electron chi connectivity index (χ1n) is 11.5. The summed E-state index contributed by atoms with van der Waals surface area (Å²) < 4.78 is 26.5. The number of rotatable bonds is 9. The lowest BCUT2D eigenvalue weighted by atomic mass is 10.1. The molecular formula is C28H34O4SSi. The van der Waals surface area contributed by atoms with Crippen molar-refractivity contribution in [3.63, 3.8) is 0 Å². The lowest BCUT2D eigenvalue weighted by Crippen LogP contribution is -2.44. The van der Waals surface area contributed by atoms with Crippen LogP contribution in [0.4, 0.5) is 0 Å². The number of benzene rings is 3. The summed E-state index contributed by atoms with van der Waals surface area (Å²) in [5.41, 5.74) is 1.30. The molecule has 0 N–H and O–H groups in total. The van der Waals surface area contributed by atoms with E-state index in [-0.39, 0.29) is 11.6 Å². The third kappa shape index (κ3) is 6.53. The van der Waals surface area contributed by atoms with Gasteiger partial charge in [0.1, 0.15) is 11.4 Å². The second-order valence-electron chi connectivity index (χ2n) is 9.82. The molecule has 3 rings (SSSR count). The van der Waals surface area contributed by atoms with Gasteiger partial charge in [-0.25, -0.2) is 4.79 Å². The van der Waals surface area contributed by atoms with Crippen molar-refractivity contribution in [1.29, 1.82) is 0 Å². The summed E-state index contributed by atoms with van der Waals surface area (Å²) in [4.78, 5) is 13.8. The minimum Gasteiger partial charge on any atom is -0.455 e. The standard InChI is InChI=1S/C28H34O4SSi/c1-28(2,3)34(4,5)31-21-25(32-27(29)23-17-11-7-12-18-23)26(22-15-9-6-10-16-22)33(30)24-19-13-8-14-20-24/h6-20,25-26H,21H2,1-5H3. The molecule has 3 aromatic rings. The van der Waals surface area contributed by atoms with Gasteiger partial charge in [-0.1, -0.05) is 87.5 Å². The molecule has 6 heteroatoms. The smallest absolute Gasteiger partial charge is 0.338 e. The van der Waals surface area contributed by atoms with E-state index >= 15 is 0 Å². The molecule has 3 unspecified atom stereocenters. The van der Waals surface area contributed by atoms with Crippen LogP contribution in [-0.2, 0) is 20.0 Å². The van der Waals surface area contributed by atoms with Gasteiger partial charge in [0, 0.05) is 4.90 Å². The van der Waals surface area contributed by atoms with Crippen LogP contribution in [0.15, 0.2) is 95.9 Å². The molecule has 0 aliphatic rings. The first-order valence-corrected chi connectivity index (χ1v) is 15.6. The molecule has 0 radical (unpaired) electrons. The Morgan fingerprint density at radius 1 is 0.853 bits per heavy atom. The molecule has 0 saturated carbocycles. The topological polar surface area (TPSA) is 52.6 Å². The summed E-state index contributed by atoms with van der Waals surface area (Å²) in [6, 6.07) is 27.8. The van der Waals surface area contributed by atoms with Crippen LogP contribution in [0.1, 0.15) is 41.9 Å². The first-order chi connectivity index (χ1) is 16.1. The van der Waals surface area contributed by atoms with Crippen LogP contribution >= 0.6 is 0 Å². The van der Waals surface area contributed by atoms with Crippen molar-refractivity contribution in [1.82, 2.24) is 0 Å². The average molecular weight is 495 g/mol. The van der Waals surface area contributed by atoms with E-state index in [4.69, 9.17) is 9.16 Å². The summed E-state index contributed by atoms with van der Waals surface area (Å²) in [6.07, 6.45) is -0.731. The van der Waals surface area contributed by atoms with Crippen LogP contribution in [0.2, 0.25) is 18.1 Å². The van der Waals surface area contributed by atoms with Crippen LogP contribution in [0, 0.1) is 0 Å². The van der Waals surface area contributed by atoms with Gasteiger partial charge >= 0.3 is 5.97 Å². The quantitative estimate of drug-likeness (QED) is 0.243. The molecule has 0 saturated heterocycles. The Balaban J connectivity index is 2.01. The highest BCUT2D eigenvalue weighted by Gasteiger charge is 2.40. The lowest BCUT2D eigenvalue weighted by Gasteiger charge is -2.38. The number of hydrogen-bond donors (Lipinski definition) is 0. The van der Waals surface area contributed by atoms with Crippen molar-refractivity contribution in [2.75, 3.05) is 6.61 Å². The predicted molar refractivity (Wildman–Crippen MR) is 141 cm³/mol. The summed E-state index contributed by atoms with van der Waals surface area (Å²) in [5, 5.41) is -0.594. The summed E-state index contributed by atoms with van der Waals surface area (Å²) in [5.74, 6) is -0.449. The van der Waals surface area contributed by atoms with Gasteiger partial charge in [-0.05, 0) is 48.0 Å². The second kappa shape index (κ2) is 11.3. The highest BCUT2D eigenvalue weighted by atomic mass is 32.2. The Morgan fingerprint density at radius 3 is 1.88 bits per heavy atom. The fraction of sp³-hybridized carbons (Fsp3) is 0.321. The molecular weight excluding hydrogens is 460 g/mol. The average Bonchev–Trinajstić information content (AvgIpc) is 2.83. The van der Waals surface area contributed by atoms with E-state index in [9.17, 15) is 9.00 Å². The van der Waals surface area contributed by atoms with Gasteiger partial charge in [-0.3, -0.25) is 4.21 Å². The normalized spacial score (nSPS) is 14.7. The monoisotopic (exact) mass is 494 g/mol. The number of hydrogen-bond acceptors (Lipinski definition) is 4. The van der Waals surface area contributed by atoms with Crippen molar-refractivity contribution in [2.45, 2.75) is 55.2 Å². The molecule has 3 aromatic carbocycles. The van der Waals surface area contributed by atoms with E-state index in [1.165, 1.54) is 0 Å². The maximum atomic E-state index is 13.9. The van der Waals surface area contributed by atoms with E-state index in [0.717, 1.165) is 5.56 Å². The summed E-state index contributed by atoms with van der Waals surface area (Å²) in [6.45, 7) is 11.0. The fourth-order valence-corrected chi connectivity index (χ4v) is 5.84. The molecule has 0 aliphatic carbocycles. The Kier molecular flexibility index (Phi) is 8.63. The lowest BCUT2D eigenvalue weighted by molar-refractivity contribution is 0.0147. The SMILES string of the molecule is CC(C)(C)[Si](C)(C)OCC(OC(=O)c1ccccc1)C(c1ccccc1)S(=O)c1ccccc1. The predicted octanol–water partition coefficient (Wildman–Crippen LogP) is 6.78. The van der Waals surface area contributed by atoms with Gasteiger partial charge in [0.25, 0.3) is 0 Å². The molecule has 0 aliphatic heterocycles. The number of carbonyl (C=O) groups is 1. The van der Waals surface area contributed by atoms with Gasteiger partial charge < -0.3 is 9.16 Å². The third-order valence-electron chi connectivity index (χ3n) is 6.35. The molecule has 0 bridgehead atoms. The molecule has 4 nitrogen and oxygen atoms in total. The van der Waals surface area contributed by atoms with Crippen LogP contribution in [0.25, 0.3) is 0 Å². The van der Waals surface area contributed by atoms with Gasteiger partial charge in [-0.15, -0.1) is 0 Å². The summed E-state index contributed by atoms with van der Waals surface area (Å²) in [7, 11) is -3.62. The second-order valence-corrected chi connectivity index (χ2v) is 16.2.